The highest BCUT2D eigenvalue weighted by Gasteiger charge is 2.20. The molecule has 0 aromatic carbocycles. The number of likely N-dealkylation sites (tertiary alicyclic amines) is 1. The van der Waals surface area contributed by atoms with E-state index in [0.717, 1.165) is 25.9 Å². The SMILES string of the molecule is CCCN1CCC(NC(=O)[C@H](C)N)CC1. The molecule has 4 heteroatoms. The van der Waals surface area contributed by atoms with E-state index in [0.29, 0.717) is 6.04 Å². The molecule has 0 saturated carbocycles. The summed E-state index contributed by atoms with van der Waals surface area (Å²) in [7, 11) is 0. The summed E-state index contributed by atoms with van der Waals surface area (Å²) in [5, 5.41) is 2.99. The van der Waals surface area contributed by atoms with E-state index in [1.54, 1.807) is 6.92 Å². The zero-order chi connectivity index (χ0) is 11.3. The van der Waals surface area contributed by atoms with Gasteiger partial charge in [0.2, 0.25) is 5.91 Å². The van der Waals surface area contributed by atoms with Crippen LogP contribution in [-0.2, 0) is 4.79 Å². The average molecular weight is 213 g/mol. The second kappa shape index (κ2) is 6.08. The Morgan fingerprint density at radius 1 is 1.53 bits per heavy atom. The second-order valence-corrected chi connectivity index (χ2v) is 4.41. The lowest BCUT2D eigenvalue weighted by Crippen LogP contribution is -2.48. The van der Waals surface area contributed by atoms with Crippen LogP contribution >= 0.6 is 0 Å². The Hall–Kier alpha value is -0.610. The molecule has 0 spiro atoms. The van der Waals surface area contributed by atoms with E-state index in [9.17, 15) is 4.79 Å². The third-order valence-corrected chi connectivity index (χ3v) is 2.89. The minimum atomic E-state index is -0.390. The molecule has 1 fully saturated rings. The third-order valence-electron chi connectivity index (χ3n) is 2.89. The van der Waals surface area contributed by atoms with Crippen LogP contribution in [-0.4, -0.2) is 42.5 Å². The van der Waals surface area contributed by atoms with Gasteiger partial charge in [-0.25, -0.2) is 0 Å². The average Bonchev–Trinajstić information content (AvgIpc) is 2.21. The predicted octanol–water partition coefficient (Wildman–Crippen LogP) is 0.324. The molecule has 1 saturated heterocycles. The van der Waals surface area contributed by atoms with E-state index in [4.69, 9.17) is 5.73 Å². The molecule has 15 heavy (non-hydrogen) atoms. The number of carbonyl (C=O) groups is 1. The normalized spacial score (nSPS) is 21.3. The van der Waals surface area contributed by atoms with Crippen molar-refractivity contribution in [3.05, 3.63) is 0 Å². The number of nitrogens with one attached hydrogen (secondary N) is 1. The maximum Gasteiger partial charge on any atom is 0.236 e. The summed E-state index contributed by atoms with van der Waals surface area (Å²) in [6.45, 7) is 7.29. The first-order valence-electron chi connectivity index (χ1n) is 5.91. The topological polar surface area (TPSA) is 58.4 Å². The molecule has 0 bridgehead atoms. The molecular weight excluding hydrogens is 190 g/mol. The van der Waals surface area contributed by atoms with Crippen LogP contribution in [0.3, 0.4) is 0 Å². The summed E-state index contributed by atoms with van der Waals surface area (Å²) in [6, 6.07) is -0.0599. The van der Waals surface area contributed by atoms with Crippen LogP contribution < -0.4 is 11.1 Å². The molecule has 0 unspecified atom stereocenters. The number of carbonyl (C=O) groups excluding carboxylic acids is 1. The van der Waals surface area contributed by atoms with Crippen molar-refractivity contribution in [3.8, 4) is 0 Å². The summed E-state index contributed by atoms with van der Waals surface area (Å²) in [4.78, 5) is 13.8. The molecule has 3 N–H and O–H groups in total. The van der Waals surface area contributed by atoms with Gasteiger partial charge in [-0.1, -0.05) is 6.92 Å². The lowest BCUT2D eigenvalue weighted by molar-refractivity contribution is -0.123. The molecule has 0 aliphatic carbocycles. The minimum absolute atomic E-state index is 0.0241. The van der Waals surface area contributed by atoms with Crippen LogP contribution in [0.5, 0.6) is 0 Å². The largest absolute Gasteiger partial charge is 0.352 e. The van der Waals surface area contributed by atoms with E-state index in [-0.39, 0.29) is 5.91 Å². The molecule has 88 valence electrons. The lowest BCUT2D eigenvalue weighted by Gasteiger charge is -2.32. The number of rotatable bonds is 4. The zero-order valence-electron chi connectivity index (χ0n) is 9.83. The van der Waals surface area contributed by atoms with Gasteiger partial charge in [0.15, 0.2) is 0 Å². The summed E-state index contributed by atoms with van der Waals surface area (Å²) < 4.78 is 0. The molecule has 1 rings (SSSR count). The minimum Gasteiger partial charge on any atom is -0.352 e. The maximum atomic E-state index is 11.4. The Balaban J connectivity index is 2.22. The number of piperidine rings is 1. The summed E-state index contributed by atoms with van der Waals surface area (Å²) >= 11 is 0. The third kappa shape index (κ3) is 4.18. The fourth-order valence-electron chi connectivity index (χ4n) is 1.95. The monoisotopic (exact) mass is 213 g/mol. The quantitative estimate of drug-likeness (QED) is 0.707. The molecular formula is C11H23N3O. The molecule has 4 nitrogen and oxygen atoms in total. The van der Waals surface area contributed by atoms with Crippen LogP contribution in [0.1, 0.15) is 33.1 Å². The first kappa shape index (κ1) is 12.5. The standard InChI is InChI=1S/C11H23N3O/c1-3-6-14-7-4-10(5-8-14)13-11(15)9(2)12/h9-10H,3-8,12H2,1-2H3,(H,13,15)/t9-/m0/s1. The van der Waals surface area contributed by atoms with Crippen LogP contribution in [0.4, 0.5) is 0 Å². The van der Waals surface area contributed by atoms with Gasteiger partial charge >= 0.3 is 0 Å². The molecule has 0 radical (unpaired) electrons. The summed E-state index contributed by atoms with van der Waals surface area (Å²) in [5.74, 6) is -0.0241. The van der Waals surface area contributed by atoms with Gasteiger partial charge < -0.3 is 16.0 Å². The lowest BCUT2D eigenvalue weighted by atomic mass is 10.0. The van der Waals surface area contributed by atoms with E-state index >= 15 is 0 Å². The van der Waals surface area contributed by atoms with Crippen LogP contribution in [0.2, 0.25) is 0 Å². The van der Waals surface area contributed by atoms with Gasteiger partial charge in [0, 0.05) is 19.1 Å². The summed E-state index contributed by atoms with van der Waals surface area (Å²) in [6.07, 6.45) is 3.31. The van der Waals surface area contributed by atoms with E-state index in [2.05, 4.69) is 17.1 Å². The van der Waals surface area contributed by atoms with Crippen molar-refractivity contribution in [2.75, 3.05) is 19.6 Å². The highest BCUT2D eigenvalue weighted by atomic mass is 16.2. The van der Waals surface area contributed by atoms with Crippen LogP contribution in [0.15, 0.2) is 0 Å². The second-order valence-electron chi connectivity index (χ2n) is 4.41. The summed E-state index contributed by atoms with van der Waals surface area (Å²) in [5.41, 5.74) is 5.51. The number of nitrogens with zero attached hydrogens (tertiary/aromatic N) is 1. The van der Waals surface area contributed by atoms with Gasteiger partial charge in [0.05, 0.1) is 6.04 Å². The number of hydrogen-bond acceptors (Lipinski definition) is 3. The van der Waals surface area contributed by atoms with Crippen molar-refractivity contribution >= 4 is 5.91 Å². The van der Waals surface area contributed by atoms with Crippen molar-refractivity contribution in [1.82, 2.24) is 10.2 Å². The van der Waals surface area contributed by atoms with Crippen molar-refractivity contribution < 1.29 is 4.79 Å². The van der Waals surface area contributed by atoms with E-state index in [1.807, 2.05) is 0 Å². The molecule has 1 amide bonds. The number of amides is 1. The van der Waals surface area contributed by atoms with Gasteiger partial charge in [-0.2, -0.15) is 0 Å². The Morgan fingerprint density at radius 2 is 2.13 bits per heavy atom. The molecule has 0 aromatic heterocycles. The fraction of sp³-hybridized carbons (Fsp3) is 0.909. The van der Waals surface area contributed by atoms with Gasteiger partial charge in [-0.15, -0.1) is 0 Å². The van der Waals surface area contributed by atoms with Crippen molar-refractivity contribution in [2.24, 2.45) is 5.73 Å². The van der Waals surface area contributed by atoms with Crippen molar-refractivity contribution in [2.45, 2.75) is 45.2 Å². The van der Waals surface area contributed by atoms with Gasteiger partial charge in [0.25, 0.3) is 0 Å². The van der Waals surface area contributed by atoms with Gasteiger partial charge in [0.1, 0.15) is 0 Å². The van der Waals surface area contributed by atoms with Crippen molar-refractivity contribution in [1.29, 1.82) is 0 Å². The molecule has 1 atom stereocenters. The van der Waals surface area contributed by atoms with Crippen molar-refractivity contribution in [3.63, 3.8) is 0 Å². The predicted molar refractivity (Wildman–Crippen MR) is 61.5 cm³/mol. The smallest absolute Gasteiger partial charge is 0.236 e. The number of nitrogens with two attached hydrogens (primary N) is 1. The molecule has 1 aliphatic rings. The Morgan fingerprint density at radius 3 is 2.60 bits per heavy atom. The Bertz CT molecular complexity index is 198. The van der Waals surface area contributed by atoms with E-state index in [1.165, 1.54) is 13.0 Å². The number of hydrogen-bond donors (Lipinski definition) is 2. The van der Waals surface area contributed by atoms with Crippen LogP contribution in [0.25, 0.3) is 0 Å². The molecule has 1 heterocycles. The Labute approximate surface area is 92.2 Å². The maximum absolute atomic E-state index is 11.4. The van der Waals surface area contributed by atoms with Gasteiger partial charge in [-0.3, -0.25) is 4.79 Å². The Kier molecular flexibility index (Phi) is 5.05. The zero-order valence-corrected chi connectivity index (χ0v) is 9.83. The first-order chi connectivity index (χ1) is 7.13. The fourth-order valence-corrected chi connectivity index (χ4v) is 1.95. The first-order valence-corrected chi connectivity index (χ1v) is 5.91. The highest BCUT2D eigenvalue weighted by molar-refractivity contribution is 5.81. The molecule has 0 aromatic rings. The van der Waals surface area contributed by atoms with E-state index < -0.39 is 6.04 Å². The highest BCUT2D eigenvalue weighted by Crippen LogP contribution is 2.10. The van der Waals surface area contributed by atoms with Gasteiger partial charge in [-0.05, 0) is 32.7 Å². The van der Waals surface area contributed by atoms with Crippen LogP contribution in [0, 0.1) is 0 Å². The molecule has 1 aliphatic heterocycles.